The van der Waals surface area contributed by atoms with Crippen LogP contribution in [0.3, 0.4) is 0 Å². The Morgan fingerprint density at radius 3 is 2.88 bits per heavy atom. The lowest BCUT2D eigenvalue weighted by molar-refractivity contribution is -0.129. The number of nitrogens with zero attached hydrogens (tertiary/aromatic N) is 1. The minimum absolute atomic E-state index is 0.153. The van der Waals surface area contributed by atoms with Crippen LogP contribution in [-0.4, -0.2) is 30.7 Å². The van der Waals surface area contributed by atoms with Gasteiger partial charge in [-0.15, -0.1) is 11.3 Å². The highest BCUT2D eigenvalue weighted by Crippen LogP contribution is 2.11. The van der Waals surface area contributed by atoms with E-state index >= 15 is 0 Å². The number of aryl methyl sites for hydroxylation is 1. The molecule has 1 aromatic carbocycles. The second-order valence-corrected chi connectivity index (χ2v) is 6.12. The van der Waals surface area contributed by atoms with Crippen molar-refractivity contribution in [3.05, 3.63) is 52.2 Å². The number of ether oxygens (including phenoxy) is 1. The summed E-state index contributed by atoms with van der Waals surface area (Å²) < 4.78 is 5.39. The predicted molar refractivity (Wildman–Crippen MR) is 94.3 cm³/mol. The molecule has 126 valence electrons. The lowest BCUT2D eigenvalue weighted by atomic mass is 10.2. The number of carbonyl (C=O) groups is 2. The molecule has 0 saturated heterocycles. The van der Waals surface area contributed by atoms with Gasteiger partial charge in [0.2, 0.25) is 0 Å². The summed E-state index contributed by atoms with van der Waals surface area (Å²) in [4.78, 5) is 24.6. The molecule has 2 amide bonds. The highest BCUT2D eigenvalue weighted by molar-refractivity contribution is 7.11. The topological polar surface area (TPSA) is 79.8 Å². The molecular formula is C17H19N3O3S. The Labute approximate surface area is 144 Å². The number of hydrazone groups is 1. The molecule has 0 aliphatic carbocycles. The van der Waals surface area contributed by atoms with Gasteiger partial charge in [-0.05, 0) is 43.0 Å². The molecule has 6 nitrogen and oxygen atoms in total. The zero-order chi connectivity index (χ0) is 17.4. The Kier molecular flexibility index (Phi) is 6.51. The van der Waals surface area contributed by atoms with Crippen molar-refractivity contribution in [1.29, 1.82) is 0 Å². The van der Waals surface area contributed by atoms with Gasteiger partial charge >= 0.3 is 0 Å². The van der Waals surface area contributed by atoms with Crippen molar-refractivity contribution in [3.8, 4) is 5.75 Å². The van der Waals surface area contributed by atoms with E-state index in [1.807, 2.05) is 42.6 Å². The molecule has 7 heteroatoms. The highest BCUT2D eigenvalue weighted by atomic mass is 32.1. The maximum atomic E-state index is 11.8. The summed E-state index contributed by atoms with van der Waals surface area (Å²) in [6.45, 7) is 3.37. The van der Waals surface area contributed by atoms with Gasteiger partial charge in [-0.2, -0.15) is 5.10 Å². The van der Waals surface area contributed by atoms with Crippen LogP contribution in [0.2, 0.25) is 0 Å². The van der Waals surface area contributed by atoms with Gasteiger partial charge in [-0.25, -0.2) is 5.43 Å². The fourth-order valence-corrected chi connectivity index (χ4v) is 2.41. The first kappa shape index (κ1) is 17.7. The average Bonchev–Trinajstić information content (AvgIpc) is 3.06. The second-order valence-electron chi connectivity index (χ2n) is 5.14. The van der Waals surface area contributed by atoms with E-state index in [0.29, 0.717) is 5.75 Å². The van der Waals surface area contributed by atoms with Crippen molar-refractivity contribution in [3.63, 3.8) is 0 Å². The van der Waals surface area contributed by atoms with Crippen LogP contribution < -0.4 is 15.5 Å². The number of benzene rings is 1. The zero-order valence-corrected chi connectivity index (χ0v) is 14.3. The van der Waals surface area contributed by atoms with Gasteiger partial charge in [0.1, 0.15) is 11.8 Å². The third kappa shape index (κ3) is 5.85. The van der Waals surface area contributed by atoms with Crippen LogP contribution in [-0.2, 0) is 9.59 Å². The number of carbonyl (C=O) groups excluding carboxylic acids is 2. The Morgan fingerprint density at radius 2 is 2.17 bits per heavy atom. The van der Waals surface area contributed by atoms with Gasteiger partial charge < -0.3 is 10.1 Å². The SMILES string of the molecule is Cc1cccc(OCC(=O)NC(C)C(=O)N/N=C/c2cccs2)c1. The van der Waals surface area contributed by atoms with Crippen molar-refractivity contribution in [2.75, 3.05) is 6.61 Å². The van der Waals surface area contributed by atoms with Crippen molar-refractivity contribution >= 4 is 29.4 Å². The van der Waals surface area contributed by atoms with Gasteiger partial charge in [-0.1, -0.05) is 18.2 Å². The van der Waals surface area contributed by atoms with E-state index in [-0.39, 0.29) is 12.5 Å². The summed E-state index contributed by atoms with van der Waals surface area (Å²) in [5.41, 5.74) is 3.43. The Hall–Kier alpha value is -2.67. The molecule has 24 heavy (non-hydrogen) atoms. The minimum Gasteiger partial charge on any atom is -0.484 e. The number of amides is 2. The van der Waals surface area contributed by atoms with Gasteiger partial charge in [0, 0.05) is 4.88 Å². The summed E-state index contributed by atoms with van der Waals surface area (Å²) in [6, 6.07) is 10.5. The molecule has 1 atom stereocenters. The molecule has 0 aliphatic rings. The molecule has 2 aromatic rings. The average molecular weight is 345 g/mol. The molecule has 0 fully saturated rings. The smallest absolute Gasteiger partial charge is 0.262 e. The molecule has 0 radical (unpaired) electrons. The molecule has 0 aliphatic heterocycles. The van der Waals surface area contributed by atoms with E-state index in [1.165, 1.54) is 11.3 Å². The molecule has 0 saturated carbocycles. The number of rotatable bonds is 7. The summed E-state index contributed by atoms with van der Waals surface area (Å²) in [6.07, 6.45) is 1.55. The molecule has 1 aromatic heterocycles. The molecule has 1 unspecified atom stereocenters. The minimum atomic E-state index is -0.709. The van der Waals surface area contributed by atoms with Gasteiger partial charge in [-0.3, -0.25) is 9.59 Å². The highest BCUT2D eigenvalue weighted by Gasteiger charge is 2.15. The number of nitrogens with one attached hydrogen (secondary N) is 2. The Morgan fingerprint density at radius 1 is 1.33 bits per heavy atom. The summed E-state index contributed by atoms with van der Waals surface area (Å²) in [5, 5.41) is 8.33. The number of hydrogen-bond donors (Lipinski definition) is 2. The first-order valence-corrected chi connectivity index (χ1v) is 8.28. The maximum Gasteiger partial charge on any atom is 0.262 e. The van der Waals surface area contributed by atoms with E-state index < -0.39 is 11.9 Å². The summed E-state index contributed by atoms with van der Waals surface area (Å²) >= 11 is 1.51. The van der Waals surface area contributed by atoms with Crippen LogP contribution in [0.15, 0.2) is 46.9 Å². The lowest BCUT2D eigenvalue weighted by Gasteiger charge is -2.12. The van der Waals surface area contributed by atoms with E-state index in [9.17, 15) is 9.59 Å². The second kappa shape index (κ2) is 8.83. The van der Waals surface area contributed by atoms with Crippen LogP contribution in [0.25, 0.3) is 0 Å². The quantitative estimate of drug-likeness (QED) is 0.596. The number of hydrogen-bond acceptors (Lipinski definition) is 5. The molecule has 0 spiro atoms. The number of thiophene rings is 1. The van der Waals surface area contributed by atoms with E-state index in [4.69, 9.17) is 4.74 Å². The fourth-order valence-electron chi connectivity index (χ4n) is 1.82. The first-order chi connectivity index (χ1) is 11.5. The van der Waals surface area contributed by atoms with Crippen molar-refractivity contribution in [2.45, 2.75) is 19.9 Å². The van der Waals surface area contributed by atoms with Crippen LogP contribution in [0.5, 0.6) is 5.75 Å². The van der Waals surface area contributed by atoms with E-state index in [1.54, 1.807) is 19.2 Å². The third-order valence-corrected chi connectivity index (χ3v) is 3.85. The normalized spacial score (nSPS) is 11.9. The first-order valence-electron chi connectivity index (χ1n) is 7.40. The Balaban J connectivity index is 1.73. The van der Waals surface area contributed by atoms with Gasteiger partial charge in [0.15, 0.2) is 6.61 Å². The van der Waals surface area contributed by atoms with E-state index in [0.717, 1.165) is 10.4 Å². The van der Waals surface area contributed by atoms with E-state index in [2.05, 4.69) is 15.8 Å². The molecular weight excluding hydrogens is 326 g/mol. The molecule has 2 rings (SSSR count). The van der Waals surface area contributed by atoms with Crippen molar-refractivity contribution < 1.29 is 14.3 Å². The molecule has 1 heterocycles. The van der Waals surface area contributed by atoms with Crippen LogP contribution in [0, 0.1) is 6.92 Å². The van der Waals surface area contributed by atoms with Crippen molar-refractivity contribution in [2.24, 2.45) is 5.10 Å². The van der Waals surface area contributed by atoms with Crippen LogP contribution >= 0.6 is 11.3 Å². The standard InChI is InChI=1S/C17H19N3O3S/c1-12-5-3-6-14(9-12)23-11-16(21)19-13(2)17(22)20-18-10-15-7-4-8-24-15/h3-10,13H,11H2,1-2H3,(H,19,21)(H,20,22)/b18-10+. The van der Waals surface area contributed by atoms with Crippen LogP contribution in [0.4, 0.5) is 0 Å². The zero-order valence-electron chi connectivity index (χ0n) is 13.5. The summed E-state index contributed by atoms with van der Waals surface area (Å²) in [5.74, 6) is -0.157. The lowest BCUT2D eigenvalue weighted by Crippen LogP contribution is -2.45. The molecule has 2 N–H and O–H groups in total. The monoisotopic (exact) mass is 345 g/mol. The van der Waals surface area contributed by atoms with Crippen LogP contribution in [0.1, 0.15) is 17.4 Å². The largest absolute Gasteiger partial charge is 0.484 e. The summed E-state index contributed by atoms with van der Waals surface area (Å²) in [7, 11) is 0. The van der Waals surface area contributed by atoms with Gasteiger partial charge in [0.25, 0.3) is 11.8 Å². The van der Waals surface area contributed by atoms with Crippen molar-refractivity contribution in [1.82, 2.24) is 10.7 Å². The maximum absolute atomic E-state index is 11.8. The predicted octanol–water partition coefficient (Wildman–Crippen LogP) is 2.09. The molecule has 0 bridgehead atoms. The fraction of sp³-hybridized carbons (Fsp3) is 0.235. The third-order valence-electron chi connectivity index (χ3n) is 3.04. The Bertz CT molecular complexity index is 714. The van der Waals surface area contributed by atoms with Gasteiger partial charge in [0.05, 0.1) is 6.21 Å².